The Kier molecular flexibility index (Phi) is 5.34. The smallest absolute Gasteiger partial charge is 0.224 e. The highest BCUT2D eigenvalue weighted by Crippen LogP contribution is 2.17. The van der Waals surface area contributed by atoms with Gasteiger partial charge >= 0.3 is 0 Å². The zero-order chi connectivity index (χ0) is 16.1. The fourth-order valence-electron chi connectivity index (χ4n) is 2.17. The van der Waals surface area contributed by atoms with Gasteiger partial charge in [-0.3, -0.25) is 9.59 Å². The number of amides is 1. The van der Waals surface area contributed by atoms with Crippen LogP contribution in [0.5, 0.6) is 0 Å². The predicted octanol–water partition coefficient (Wildman–Crippen LogP) is 4.56. The van der Waals surface area contributed by atoms with Crippen LogP contribution in [0.3, 0.4) is 0 Å². The van der Waals surface area contributed by atoms with E-state index >= 15 is 0 Å². The molecule has 1 N–H and O–H groups in total. The highest BCUT2D eigenvalue weighted by atomic mass is 35.5. The number of benzene rings is 2. The number of carbonyl (C=O) groups excluding carboxylic acids is 2. The molecule has 0 saturated heterocycles. The van der Waals surface area contributed by atoms with Crippen LogP contribution in [0.4, 0.5) is 5.69 Å². The highest BCUT2D eigenvalue weighted by molar-refractivity contribution is 6.30. The monoisotopic (exact) mass is 315 g/mol. The molecule has 0 saturated carbocycles. The third-order valence-electron chi connectivity index (χ3n) is 3.40. The van der Waals surface area contributed by atoms with E-state index in [-0.39, 0.29) is 24.5 Å². The van der Waals surface area contributed by atoms with Crippen LogP contribution in [-0.2, 0) is 4.79 Å². The normalized spacial score (nSPS) is 10.3. The topological polar surface area (TPSA) is 46.2 Å². The molecule has 0 aromatic heterocycles. The van der Waals surface area contributed by atoms with Crippen LogP contribution < -0.4 is 5.32 Å². The summed E-state index contributed by atoms with van der Waals surface area (Å²) in [7, 11) is 0. The first-order chi connectivity index (χ1) is 10.5. The lowest BCUT2D eigenvalue weighted by Gasteiger charge is -2.09. The molecule has 2 aromatic rings. The van der Waals surface area contributed by atoms with Crippen molar-refractivity contribution in [1.82, 2.24) is 0 Å². The Labute approximate surface area is 135 Å². The van der Waals surface area contributed by atoms with Crippen LogP contribution in [-0.4, -0.2) is 11.7 Å². The van der Waals surface area contributed by atoms with Crippen molar-refractivity contribution >= 4 is 29.0 Å². The number of halogens is 1. The molecule has 4 heteroatoms. The first kappa shape index (κ1) is 16.2. The Morgan fingerprint density at radius 1 is 1.00 bits per heavy atom. The average Bonchev–Trinajstić information content (AvgIpc) is 2.48. The fourth-order valence-corrected chi connectivity index (χ4v) is 2.30. The second kappa shape index (κ2) is 7.23. The third-order valence-corrected chi connectivity index (χ3v) is 3.65. The van der Waals surface area contributed by atoms with Crippen LogP contribution >= 0.6 is 11.6 Å². The van der Waals surface area contributed by atoms with Crippen molar-refractivity contribution in [3.05, 3.63) is 64.2 Å². The molecule has 2 rings (SSSR count). The molecule has 0 radical (unpaired) electrons. The lowest BCUT2D eigenvalue weighted by atomic mass is 10.1. The Hall–Kier alpha value is -2.13. The Bertz CT molecular complexity index is 693. The summed E-state index contributed by atoms with van der Waals surface area (Å²) in [5.41, 5.74) is 3.52. The van der Waals surface area contributed by atoms with Crippen molar-refractivity contribution in [2.24, 2.45) is 0 Å². The van der Waals surface area contributed by atoms with E-state index < -0.39 is 0 Å². The molecule has 22 heavy (non-hydrogen) atoms. The summed E-state index contributed by atoms with van der Waals surface area (Å²) in [6.07, 6.45) is 0.340. The largest absolute Gasteiger partial charge is 0.326 e. The molecule has 0 atom stereocenters. The molecule has 0 heterocycles. The van der Waals surface area contributed by atoms with Gasteiger partial charge in [0.15, 0.2) is 5.78 Å². The van der Waals surface area contributed by atoms with Crippen molar-refractivity contribution < 1.29 is 9.59 Å². The number of nitrogens with one attached hydrogen (secondary N) is 1. The molecule has 0 fully saturated rings. The minimum absolute atomic E-state index is 0.0626. The summed E-state index contributed by atoms with van der Waals surface area (Å²) in [4.78, 5) is 24.0. The molecule has 0 unspecified atom stereocenters. The molecule has 0 spiro atoms. The van der Waals surface area contributed by atoms with Gasteiger partial charge in [0.25, 0.3) is 0 Å². The van der Waals surface area contributed by atoms with Crippen molar-refractivity contribution in [2.75, 3.05) is 5.32 Å². The van der Waals surface area contributed by atoms with Crippen LogP contribution in [0, 0.1) is 13.8 Å². The van der Waals surface area contributed by atoms with Gasteiger partial charge in [-0.15, -0.1) is 0 Å². The summed E-state index contributed by atoms with van der Waals surface area (Å²) < 4.78 is 0. The minimum Gasteiger partial charge on any atom is -0.326 e. The van der Waals surface area contributed by atoms with Crippen LogP contribution in [0.25, 0.3) is 0 Å². The summed E-state index contributed by atoms with van der Waals surface area (Å²) in [5, 5.41) is 3.43. The zero-order valence-electron chi connectivity index (χ0n) is 12.7. The van der Waals surface area contributed by atoms with E-state index in [1.54, 1.807) is 24.3 Å². The number of Topliss-reactive ketones (excluding diaryl/α,β-unsaturated/α-hetero) is 1. The van der Waals surface area contributed by atoms with Gasteiger partial charge in [-0.1, -0.05) is 29.3 Å². The number of ketones is 1. The second-order valence-electron chi connectivity index (χ2n) is 5.30. The lowest BCUT2D eigenvalue weighted by molar-refractivity contribution is -0.116. The fraction of sp³-hybridized carbons (Fsp3) is 0.222. The first-order valence-corrected chi connectivity index (χ1v) is 7.49. The number of rotatable bonds is 5. The number of hydrogen-bond donors (Lipinski definition) is 1. The SMILES string of the molecule is Cc1ccc(NC(=O)CCC(=O)c2ccc(Cl)cc2)c(C)c1. The second-order valence-corrected chi connectivity index (χ2v) is 5.73. The first-order valence-electron chi connectivity index (χ1n) is 7.11. The standard InChI is InChI=1S/C18H18ClNO2/c1-12-3-8-16(13(2)11-12)20-18(22)10-9-17(21)14-4-6-15(19)7-5-14/h3-8,11H,9-10H2,1-2H3,(H,20,22). The maximum atomic E-state index is 12.0. The average molecular weight is 316 g/mol. The van der Waals surface area contributed by atoms with Gasteiger partial charge < -0.3 is 5.32 Å². The number of anilines is 1. The van der Waals surface area contributed by atoms with Crippen molar-refractivity contribution in [2.45, 2.75) is 26.7 Å². The molecule has 0 aliphatic rings. The maximum Gasteiger partial charge on any atom is 0.224 e. The van der Waals surface area contributed by atoms with Gasteiger partial charge in [-0.05, 0) is 49.7 Å². The van der Waals surface area contributed by atoms with Crippen molar-refractivity contribution in [3.8, 4) is 0 Å². The quantitative estimate of drug-likeness (QED) is 0.822. The van der Waals surface area contributed by atoms with Crippen LogP contribution in [0.1, 0.15) is 34.3 Å². The summed E-state index contributed by atoms with van der Waals surface area (Å²) in [6.45, 7) is 3.95. The molecule has 0 bridgehead atoms. The number of carbonyl (C=O) groups is 2. The minimum atomic E-state index is -0.158. The number of aryl methyl sites for hydroxylation is 2. The van der Waals surface area contributed by atoms with Crippen molar-refractivity contribution in [1.29, 1.82) is 0 Å². The predicted molar refractivity (Wildman–Crippen MR) is 89.6 cm³/mol. The summed E-state index contributed by atoms with van der Waals surface area (Å²) >= 11 is 5.78. The van der Waals surface area contributed by atoms with E-state index in [1.807, 2.05) is 32.0 Å². The Morgan fingerprint density at radius 3 is 2.32 bits per heavy atom. The molecule has 2 aromatic carbocycles. The molecule has 1 amide bonds. The van der Waals surface area contributed by atoms with Gasteiger partial charge in [0.05, 0.1) is 0 Å². The Morgan fingerprint density at radius 2 is 1.68 bits per heavy atom. The van der Waals surface area contributed by atoms with E-state index in [2.05, 4.69) is 5.32 Å². The summed E-state index contributed by atoms with van der Waals surface area (Å²) in [6, 6.07) is 12.5. The van der Waals surface area contributed by atoms with Gasteiger partial charge in [0.1, 0.15) is 0 Å². The van der Waals surface area contributed by atoms with E-state index in [4.69, 9.17) is 11.6 Å². The van der Waals surface area contributed by atoms with Gasteiger partial charge in [0.2, 0.25) is 5.91 Å². The molecule has 114 valence electrons. The van der Waals surface area contributed by atoms with Gasteiger partial charge in [-0.25, -0.2) is 0 Å². The van der Waals surface area contributed by atoms with Crippen LogP contribution in [0.2, 0.25) is 5.02 Å². The molecular weight excluding hydrogens is 298 g/mol. The van der Waals surface area contributed by atoms with E-state index in [1.165, 1.54) is 0 Å². The molecule has 0 aliphatic heterocycles. The van der Waals surface area contributed by atoms with Gasteiger partial charge in [0, 0.05) is 29.1 Å². The molecule has 0 aliphatic carbocycles. The van der Waals surface area contributed by atoms with Crippen molar-refractivity contribution in [3.63, 3.8) is 0 Å². The molecule has 3 nitrogen and oxygen atoms in total. The zero-order valence-corrected chi connectivity index (χ0v) is 13.4. The highest BCUT2D eigenvalue weighted by Gasteiger charge is 2.10. The van der Waals surface area contributed by atoms with E-state index in [9.17, 15) is 9.59 Å². The van der Waals surface area contributed by atoms with Crippen LogP contribution in [0.15, 0.2) is 42.5 Å². The van der Waals surface area contributed by atoms with E-state index in [0.717, 1.165) is 16.8 Å². The number of hydrogen-bond acceptors (Lipinski definition) is 2. The third kappa shape index (κ3) is 4.43. The van der Waals surface area contributed by atoms with E-state index in [0.29, 0.717) is 10.6 Å². The molecular formula is C18H18ClNO2. The Balaban J connectivity index is 1.89. The summed E-state index contributed by atoms with van der Waals surface area (Å²) in [5.74, 6) is -0.221. The maximum absolute atomic E-state index is 12.0. The van der Waals surface area contributed by atoms with Gasteiger partial charge in [-0.2, -0.15) is 0 Å². The lowest BCUT2D eigenvalue weighted by Crippen LogP contribution is -2.14.